The second kappa shape index (κ2) is 5.07. The summed E-state index contributed by atoms with van der Waals surface area (Å²) < 4.78 is 9.97. The van der Waals surface area contributed by atoms with Gasteiger partial charge in [0.25, 0.3) is 11.8 Å². The van der Waals surface area contributed by atoms with E-state index in [2.05, 4.69) is 9.97 Å². The Morgan fingerprint density at radius 3 is 2.32 bits per heavy atom. The van der Waals surface area contributed by atoms with Crippen LogP contribution in [-0.2, 0) is 0 Å². The van der Waals surface area contributed by atoms with E-state index in [1.807, 2.05) is 0 Å². The molecule has 6 nitrogen and oxygen atoms in total. The lowest BCUT2D eigenvalue weighted by Crippen LogP contribution is -2.04. The molecule has 0 spiro atoms. The van der Waals surface area contributed by atoms with Crippen LogP contribution in [0.25, 0.3) is 11.0 Å². The monoisotopic (exact) mass is 302 g/mol. The van der Waals surface area contributed by atoms with Gasteiger partial charge in [0.1, 0.15) is 11.1 Å². The van der Waals surface area contributed by atoms with Gasteiger partial charge in [0.2, 0.25) is 0 Å². The number of nitrogens with zero attached hydrogens (tertiary/aromatic N) is 2. The number of hydrogen-bond acceptors (Lipinski definition) is 5. The van der Waals surface area contributed by atoms with E-state index in [1.165, 1.54) is 20.3 Å². The number of carboxylic acid groups (broad SMARTS) is 1. The van der Waals surface area contributed by atoms with Crippen LogP contribution in [0.4, 0.5) is 0 Å². The molecule has 0 aliphatic carbocycles. The van der Waals surface area contributed by atoms with Crippen LogP contribution >= 0.6 is 23.2 Å². The molecule has 0 atom stereocenters. The van der Waals surface area contributed by atoms with E-state index >= 15 is 0 Å². The quantitative estimate of drug-likeness (QED) is 0.938. The van der Waals surface area contributed by atoms with Gasteiger partial charge in [-0.25, -0.2) is 14.8 Å². The Bertz CT molecular complexity index is 676. The van der Waals surface area contributed by atoms with E-state index in [0.29, 0.717) is 0 Å². The van der Waals surface area contributed by atoms with E-state index in [-0.39, 0.29) is 38.4 Å². The first-order chi connectivity index (χ1) is 8.99. The van der Waals surface area contributed by atoms with Crippen molar-refractivity contribution in [3.05, 3.63) is 21.7 Å². The number of carboxylic acids is 1. The van der Waals surface area contributed by atoms with Gasteiger partial charge in [-0.15, -0.1) is 0 Å². The summed E-state index contributed by atoms with van der Waals surface area (Å²) in [5, 5.41) is 9.18. The van der Waals surface area contributed by atoms with Gasteiger partial charge < -0.3 is 14.6 Å². The van der Waals surface area contributed by atoms with Crippen molar-refractivity contribution in [1.29, 1.82) is 0 Å². The first-order valence-corrected chi connectivity index (χ1v) is 5.76. The molecule has 0 unspecified atom stereocenters. The fourth-order valence-electron chi connectivity index (χ4n) is 1.57. The third-order valence-corrected chi connectivity index (χ3v) is 3.18. The van der Waals surface area contributed by atoms with Gasteiger partial charge in [0, 0.05) is 0 Å². The van der Waals surface area contributed by atoms with Crippen molar-refractivity contribution < 1.29 is 19.4 Å². The molecule has 8 heteroatoms. The molecule has 1 aromatic heterocycles. The number of rotatable bonds is 3. The third kappa shape index (κ3) is 2.24. The second-order valence-corrected chi connectivity index (χ2v) is 4.25. The topological polar surface area (TPSA) is 81.5 Å². The Hall–Kier alpha value is -1.79. The van der Waals surface area contributed by atoms with Gasteiger partial charge in [0.15, 0.2) is 0 Å². The fourth-order valence-corrected chi connectivity index (χ4v) is 1.99. The zero-order valence-corrected chi connectivity index (χ0v) is 11.4. The number of halogens is 2. The lowest BCUT2D eigenvalue weighted by atomic mass is 10.1. The zero-order valence-electron chi connectivity index (χ0n) is 9.90. The number of aromatic nitrogens is 2. The highest BCUT2D eigenvalue weighted by atomic mass is 35.5. The lowest BCUT2D eigenvalue weighted by Gasteiger charge is -2.10. The van der Waals surface area contributed by atoms with E-state index in [1.54, 1.807) is 0 Å². The van der Waals surface area contributed by atoms with Crippen LogP contribution in [-0.4, -0.2) is 35.3 Å². The molecule has 0 bridgehead atoms. The maximum absolute atomic E-state index is 11.3. The van der Waals surface area contributed by atoms with Crippen molar-refractivity contribution in [3.8, 4) is 11.8 Å². The van der Waals surface area contributed by atoms with Crippen LogP contribution in [0.1, 0.15) is 10.4 Å². The predicted octanol–water partition coefficient (Wildman–Crippen LogP) is 2.65. The molecule has 0 aliphatic heterocycles. The number of ether oxygens (including phenoxy) is 2. The molecule has 0 radical (unpaired) electrons. The Morgan fingerprint density at radius 2 is 1.79 bits per heavy atom. The maximum atomic E-state index is 11.3. The minimum atomic E-state index is -1.25. The molecule has 1 heterocycles. The number of fused-ring (bicyclic) bond motifs is 1. The van der Waals surface area contributed by atoms with Crippen LogP contribution in [0.15, 0.2) is 6.07 Å². The predicted molar refractivity (Wildman–Crippen MR) is 69.6 cm³/mol. The molecule has 0 saturated heterocycles. The molecule has 0 amide bonds. The summed E-state index contributed by atoms with van der Waals surface area (Å²) in [6.45, 7) is 0. The molecule has 0 saturated carbocycles. The number of carbonyl (C=O) groups is 1. The lowest BCUT2D eigenvalue weighted by molar-refractivity contribution is 0.0699. The Labute approximate surface area is 117 Å². The van der Waals surface area contributed by atoms with Gasteiger partial charge in [-0.1, -0.05) is 23.2 Å². The molecule has 1 N–H and O–H groups in total. The smallest absolute Gasteiger partial charge is 0.339 e. The van der Waals surface area contributed by atoms with E-state index in [0.717, 1.165) is 0 Å². The minimum absolute atomic E-state index is 0.0656. The van der Waals surface area contributed by atoms with Crippen molar-refractivity contribution in [2.24, 2.45) is 0 Å². The van der Waals surface area contributed by atoms with Crippen LogP contribution in [0.5, 0.6) is 11.8 Å². The molecule has 1 aromatic carbocycles. The Kier molecular flexibility index (Phi) is 3.64. The van der Waals surface area contributed by atoms with Gasteiger partial charge in [-0.2, -0.15) is 0 Å². The van der Waals surface area contributed by atoms with Crippen LogP contribution in [0.2, 0.25) is 10.0 Å². The Morgan fingerprint density at radius 1 is 1.21 bits per heavy atom. The first kappa shape index (κ1) is 13.6. The zero-order chi connectivity index (χ0) is 14.2. The van der Waals surface area contributed by atoms with Crippen molar-refractivity contribution in [1.82, 2.24) is 9.97 Å². The molecule has 2 rings (SSSR count). The number of methoxy groups -OCH3 is 2. The first-order valence-electron chi connectivity index (χ1n) is 5.00. The molecule has 100 valence electrons. The molecular formula is C11H8Cl2N2O4. The highest BCUT2D eigenvalue weighted by Gasteiger charge is 2.21. The fraction of sp³-hybridized carbons (Fsp3) is 0.182. The second-order valence-electron chi connectivity index (χ2n) is 3.46. The molecular weight excluding hydrogens is 295 g/mol. The largest absolute Gasteiger partial charge is 0.478 e. The number of benzene rings is 1. The van der Waals surface area contributed by atoms with Gasteiger partial charge >= 0.3 is 5.97 Å². The number of aromatic carboxylic acids is 1. The maximum Gasteiger partial charge on any atom is 0.339 e. The van der Waals surface area contributed by atoms with Crippen molar-refractivity contribution >= 4 is 40.2 Å². The highest BCUT2D eigenvalue weighted by Crippen LogP contribution is 2.34. The summed E-state index contributed by atoms with van der Waals surface area (Å²) >= 11 is 11.8. The summed E-state index contributed by atoms with van der Waals surface area (Å²) in [6, 6.07) is 1.42. The highest BCUT2D eigenvalue weighted by molar-refractivity contribution is 6.45. The normalized spacial score (nSPS) is 10.5. The average Bonchev–Trinajstić information content (AvgIpc) is 2.38. The van der Waals surface area contributed by atoms with Crippen LogP contribution in [0.3, 0.4) is 0 Å². The van der Waals surface area contributed by atoms with Crippen molar-refractivity contribution in [3.63, 3.8) is 0 Å². The molecule has 0 aliphatic rings. The molecule has 2 aromatic rings. The summed E-state index contributed by atoms with van der Waals surface area (Å²) in [6.07, 6.45) is 0. The summed E-state index contributed by atoms with van der Waals surface area (Å²) in [5.41, 5.74) is 0.113. The molecule has 0 fully saturated rings. The van der Waals surface area contributed by atoms with E-state index in [9.17, 15) is 9.90 Å². The average molecular weight is 303 g/mol. The molecule has 19 heavy (non-hydrogen) atoms. The summed E-state index contributed by atoms with van der Waals surface area (Å²) in [4.78, 5) is 19.4. The summed E-state index contributed by atoms with van der Waals surface area (Å²) in [7, 11) is 2.77. The Balaban J connectivity index is 2.91. The van der Waals surface area contributed by atoms with E-state index < -0.39 is 5.97 Å². The van der Waals surface area contributed by atoms with Gasteiger partial charge in [0.05, 0.1) is 29.8 Å². The van der Waals surface area contributed by atoms with Gasteiger partial charge in [-0.3, -0.25) is 0 Å². The standard InChI is InChI=1S/C11H8Cl2N2O4/c1-18-9-10(19-2)15-8-5(14-9)3-4(12)7(13)6(8)11(16)17/h3H,1-2H3,(H,16,17). The van der Waals surface area contributed by atoms with Crippen LogP contribution in [0, 0.1) is 0 Å². The van der Waals surface area contributed by atoms with Crippen molar-refractivity contribution in [2.45, 2.75) is 0 Å². The van der Waals surface area contributed by atoms with Gasteiger partial charge in [-0.05, 0) is 6.07 Å². The SMILES string of the molecule is COc1nc2cc(Cl)c(Cl)c(C(=O)O)c2nc1OC. The third-order valence-electron chi connectivity index (χ3n) is 2.39. The van der Waals surface area contributed by atoms with Crippen LogP contribution < -0.4 is 9.47 Å². The van der Waals surface area contributed by atoms with Crippen molar-refractivity contribution in [2.75, 3.05) is 14.2 Å². The minimum Gasteiger partial charge on any atom is -0.478 e. The van der Waals surface area contributed by atoms with E-state index in [4.69, 9.17) is 32.7 Å². The number of hydrogen-bond donors (Lipinski definition) is 1. The summed E-state index contributed by atoms with van der Waals surface area (Å²) in [5.74, 6) is -1.06.